The largest absolute Gasteiger partial charge is 0.281 e. The number of hydrogen-bond acceptors (Lipinski definition) is 10. The van der Waals surface area contributed by atoms with Crippen molar-refractivity contribution in [1.82, 2.24) is 40.4 Å². The zero-order valence-electron chi connectivity index (χ0n) is 10.9. The summed E-state index contributed by atoms with van der Waals surface area (Å²) in [5.41, 5.74) is 0. The lowest BCUT2D eigenvalue weighted by Crippen LogP contribution is -2.32. The molecule has 19 heavy (non-hydrogen) atoms. The number of tetrazole rings is 2. The minimum absolute atomic E-state index is 0.0989. The first-order chi connectivity index (χ1) is 9.00. The molecule has 0 bridgehead atoms. The van der Waals surface area contributed by atoms with Crippen LogP contribution in [0.3, 0.4) is 0 Å². The molecular formula is C7H16N12. The van der Waals surface area contributed by atoms with E-state index in [-0.39, 0.29) is 6.04 Å². The van der Waals surface area contributed by atoms with Crippen LogP contribution in [-0.4, -0.2) is 54.5 Å². The summed E-state index contributed by atoms with van der Waals surface area (Å²) < 4.78 is 3.15. The number of hydrazine groups is 2. The molecule has 2 rings (SSSR count). The van der Waals surface area contributed by atoms with Crippen molar-refractivity contribution < 1.29 is 0 Å². The maximum absolute atomic E-state index is 5.64. The average molecular weight is 268 g/mol. The van der Waals surface area contributed by atoms with Crippen LogP contribution in [0.25, 0.3) is 0 Å². The topological polar surface area (TPSA) is 146 Å². The van der Waals surface area contributed by atoms with Gasteiger partial charge in [-0.3, -0.25) is 10.0 Å². The van der Waals surface area contributed by atoms with Crippen LogP contribution in [0.5, 0.6) is 0 Å². The Bertz CT molecular complexity index is 526. The normalized spacial score (nSPS) is 12.5. The summed E-state index contributed by atoms with van der Waals surface area (Å²) in [7, 11) is 3.31. The molecule has 0 fully saturated rings. The van der Waals surface area contributed by atoms with Crippen molar-refractivity contribution in [1.29, 1.82) is 0 Å². The first kappa shape index (κ1) is 13.1. The van der Waals surface area contributed by atoms with E-state index in [2.05, 4.69) is 31.1 Å². The van der Waals surface area contributed by atoms with E-state index in [1.54, 1.807) is 23.5 Å². The van der Waals surface area contributed by atoms with Crippen molar-refractivity contribution in [2.75, 3.05) is 24.1 Å². The van der Waals surface area contributed by atoms with Crippen molar-refractivity contribution in [3.8, 4) is 0 Å². The van der Waals surface area contributed by atoms with Gasteiger partial charge in [-0.2, -0.15) is 0 Å². The Balaban J connectivity index is 2.19. The van der Waals surface area contributed by atoms with Gasteiger partial charge < -0.3 is 0 Å². The second-order valence-electron chi connectivity index (χ2n) is 4.16. The van der Waals surface area contributed by atoms with Crippen LogP contribution in [0.4, 0.5) is 11.9 Å². The van der Waals surface area contributed by atoms with E-state index >= 15 is 0 Å². The van der Waals surface area contributed by atoms with E-state index in [4.69, 9.17) is 11.7 Å². The van der Waals surface area contributed by atoms with Gasteiger partial charge in [0.1, 0.15) is 0 Å². The van der Waals surface area contributed by atoms with Gasteiger partial charge in [0, 0.05) is 14.1 Å². The summed E-state index contributed by atoms with van der Waals surface area (Å²) in [4.78, 5) is 0. The molecule has 1 unspecified atom stereocenters. The number of nitrogens with two attached hydrogens (primary N) is 2. The fourth-order valence-electron chi connectivity index (χ4n) is 1.60. The predicted molar refractivity (Wildman–Crippen MR) is 65.5 cm³/mol. The Labute approximate surface area is 108 Å². The summed E-state index contributed by atoms with van der Waals surface area (Å²) >= 11 is 0. The number of anilines is 2. The fourth-order valence-corrected chi connectivity index (χ4v) is 1.60. The Kier molecular flexibility index (Phi) is 3.52. The van der Waals surface area contributed by atoms with E-state index in [1.165, 1.54) is 10.0 Å². The minimum Gasteiger partial charge on any atom is -0.281 e. The second-order valence-corrected chi connectivity index (χ2v) is 4.16. The summed E-state index contributed by atoms with van der Waals surface area (Å²) in [5.74, 6) is 12.2. The Hall–Kier alpha value is -2.34. The number of aromatic nitrogens is 8. The first-order valence-corrected chi connectivity index (χ1v) is 5.51. The number of hydrogen-bond donors (Lipinski definition) is 2. The summed E-state index contributed by atoms with van der Waals surface area (Å²) in [6.45, 7) is 2.38. The zero-order valence-corrected chi connectivity index (χ0v) is 10.9. The fraction of sp³-hybridized carbons (Fsp3) is 0.714. The van der Waals surface area contributed by atoms with Gasteiger partial charge in [-0.15, -0.1) is 0 Å². The van der Waals surface area contributed by atoms with Crippen molar-refractivity contribution >= 4 is 11.9 Å². The van der Waals surface area contributed by atoms with E-state index in [1.807, 2.05) is 6.92 Å². The van der Waals surface area contributed by atoms with Crippen molar-refractivity contribution in [3.05, 3.63) is 0 Å². The molecule has 0 aliphatic carbocycles. The van der Waals surface area contributed by atoms with Crippen LogP contribution in [0.2, 0.25) is 0 Å². The Morgan fingerprint density at radius 3 is 2.26 bits per heavy atom. The molecule has 2 aromatic rings. The van der Waals surface area contributed by atoms with Gasteiger partial charge in [0.15, 0.2) is 0 Å². The zero-order chi connectivity index (χ0) is 14.0. The molecule has 1 atom stereocenters. The SMILES string of the molecule is CC(Cn1nnnc1N(C)N)n1nnnc1N(C)N. The predicted octanol–water partition coefficient (Wildman–Crippen LogP) is -2.46. The molecule has 0 amide bonds. The van der Waals surface area contributed by atoms with Crippen molar-refractivity contribution in [2.45, 2.75) is 19.5 Å². The molecule has 2 heterocycles. The minimum atomic E-state index is -0.0989. The van der Waals surface area contributed by atoms with E-state index in [0.29, 0.717) is 18.4 Å². The molecule has 0 aromatic carbocycles. The third-order valence-corrected chi connectivity index (χ3v) is 2.47. The highest BCUT2D eigenvalue weighted by Crippen LogP contribution is 2.15. The molecule has 12 heteroatoms. The smallest absolute Gasteiger partial charge is 0.259 e. The lowest BCUT2D eigenvalue weighted by molar-refractivity contribution is 0.393. The van der Waals surface area contributed by atoms with Gasteiger partial charge in [-0.1, -0.05) is 10.2 Å². The molecule has 12 nitrogen and oxygen atoms in total. The lowest BCUT2D eigenvalue weighted by Gasteiger charge is -2.18. The summed E-state index contributed by atoms with van der Waals surface area (Å²) in [5, 5.41) is 25.3. The standard InChI is InChI=1S/C7H16N12/c1-5(19-7(17(3)9)11-13-15-19)4-18-6(16(2)8)10-12-14-18/h5H,4,8-9H2,1-3H3. The average Bonchev–Trinajstić information content (AvgIpc) is 2.96. The molecular weight excluding hydrogens is 252 g/mol. The molecule has 2 aromatic heterocycles. The molecule has 0 aliphatic rings. The third kappa shape index (κ3) is 2.58. The van der Waals surface area contributed by atoms with Crippen LogP contribution in [0.15, 0.2) is 0 Å². The summed E-state index contributed by atoms with van der Waals surface area (Å²) in [6.07, 6.45) is 0. The molecule has 0 radical (unpaired) electrons. The van der Waals surface area contributed by atoms with E-state index < -0.39 is 0 Å². The Morgan fingerprint density at radius 1 is 1.05 bits per heavy atom. The summed E-state index contributed by atoms with van der Waals surface area (Å²) in [6, 6.07) is -0.0989. The highest BCUT2D eigenvalue weighted by Gasteiger charge is 2.18. The third-order valence-electron chi connectivity index (χ3n) is 2.47. The molecule has 4 N–H and O–H groups in total. The number of nitrogens with zero attached hydrogens (tertiary/aromatic N) is 10. The molecule has 0 spiro atoms. The highest BCUT2D eigenvalue weighted by molar-refractivity contribution is 5.24. The second kappa shape index (κ2) is 5.11. The van der Waals surface area contributed by atoms with Gasteiger partial charge in [0.25, 0.3) is 11.9 Å². The molecule has 0 saturated heterocycles. The Morgan fingerprint density at radius 2 is 1.63 bits per heavy atom. The van der Waals surface area contributed by atoms with Gasteiger partial charge in [0.05, 0.1) is 12.6 Å². The van der Waals surface area contributed by atoms with Crippen LogP contribution < -0.4 is 21.7 Å². The van der Waals surface area contributed by atoms with Crippen LogP contribution in [0, 0.1) is 0 Å². The van der Waals surface area contributed by atoms with Gasteiger partial charge in [0.2, 0.25) is 0 Å². The maximum Gasteiger partial charge on any atom is 0.259 e. The quantitative estimate of drug-likeness (QED) is 0.442. The first-order valence-electron chi connectivity index (χ1n) is 5.51. The van der Waals surface area contributed by atoms with Crippen molar-refractivity contribution in [2.24, 2.45) is 11.7 Å². The highest BCUT2D eigenvalue weighted by atomic mass is 15.7. The van der Waals surface area contributed by atoms with Gasteiger partial charge in [-0.25, -0.2) is 21.0 Å². The maximum atomic E-state index is 5.64. The van der Waals surface area contributed by atoms with Crippen LogP contribution >= 0.6 is 0 Å². The van der Waals surface area contributed by atoms with Crippen LogP contribution in [0.1, 0.15) is 13.0 Å². The lowest BCUT2D eigenvalue weighted by atomic mass is 10.3. The molecule has 104 valence electrons. The molecule has 0 aliphatic heterocycles. The van der Waals surface area contributed by atoms with Gasteiger partial charge >= 0.3 is 0 Å². The van der Waals surface area contributed by atoms with Gasteiger partial charge in [-0.05, 0) is 27.8 Å². The monoisotopic (exact) mass is 268 g/mol. The molecule has 0 saturated carbocycles. The van der Waals surface area contributed by atoms with Crippen molar-refractivity contribution in [3.63, 3.8) is 0 Å². The van der Waals surface area contributed by atoms with E-state index in [0.717, 1.165) is 0 Å². The van der Waals surface area contributed by atoms with Crippen LogP contribution in [-0.2, 0) is 6.54 Å². The van der Waals surface area contributed by atoms with E-state index in [9.17, 15) is 0 Å². The number of rotatable bonds is 5.